The lowest BCUT2D eigenvalue weighted by Crippen LogP contribution is -2.20. The summed E-state index contributed by atoms with van der Waals surface area (Å²) in [4.78, 5) is 10.9. The second-order valence-corrected chi connectivity index (χ2v) is 6.09. The number of primary amides is 1. The van der Waals surface area contributed by atoms with Crippen molar-refractivity contribution in [2.75, 3.05) is 19.8 Å². The third-order valence-electron chi connectivity index (χ3n) is 3.51. The van der Waals surface area contributed by atoms with Crippen molar-refractivity contribution >= 4 is 17.5 Å². The predicted molar refractivity (Wildman–Crippen MR) is 97.8 cm³/mol. The van der Waals surface area contributed by atoms with E-state index in [1.807, 2.05) is 19.1 Å². The van der Waals surface area contributed by atoms with Gasteiger partial charge >= 0.3 is 0 Å². The van der Waals surface area contributed by atoms with Gasteiger partial charge in [-0.15, -0.1) is 0 Å². The van der Waals surface area contributed by atoms with Crippen LogP contribution in [0.4, 0.5) is 0 Å². The van der Waals surface area contributed by atoms with Crippen molar-refractivity contribution in [3.8, 4) is 11.5 Å². The summed E-state index contributed by atoms with van der Waals surface area (Å²) in [5.41, 5.74) is 6.13. The van der Waals surface area contributed by atoms with Crippen LogP contribution in [0.1, 0.15) is 51.5 Å². The number of carbonyl (C=O) groups excluding carboxylic acids is 1. The lowest BCUT2D eigenvalue weighted by Gasteiger charge is -2.15. The van der Waals surface area contributed by atoms with Crippen LogP contribution in [0, 0.1) is 0 Å². The van der Waals surface area contributed by atoms with Crippen LogP contribution >= 0.6 is 11.6 Å². The Labute approximate surface area is 149 Å². The highest BCUT2D eigenvalue weighted by Gasteiger charge is 2.13. The molecule has 0 aromatic heterocycles. The zero-order valence-electron chi connectivity index (χ0n) is 14.7. The summed E-state index contributed by atoms with van der Waals surface area (Å²) in [6.45, 7) is 6.05. The summed E-state index contributed by atoms with van der Waals surface area (Å²) >= 11 is 6.27. The van der Waals surface area contributed by atoms with E-state index in [1.54, 1.807) is 0 Å². The van der Waals surface area contributed by atoms with Crippen molar-refractivity contribution in [2.24, 2.45) is 5.73 Å². The molecule has 1 aromatic carbocycles. The topological polar surface area (TPSA) is 73.6 Å². The Kier molecular flexibility index (Phi) is 10.3. The maximum atomic E-state index is 10.9. The molecule has 0 spiro atoms. The molecule has 0 saturated carbocycles. The van der Waals surface area contributed by atoms with Crippen molar-refractivity contribution in [1.29, 1.82) is 0 Å². The third kappa shape index (κ3) is 7.88. The van der Waals surface area contributed by atoms with Crippen LogP contribution in [0.25, 0.3) is 0 Å². The molecule has 0 bridgehead atoms. The van der Waals surface area contributed by atoms with E-state index in [1.165, 1.54) is 32.1 Å². The number of halogens is 1. The molecule has 0 fully saturated rings. The Balaban J connectivity index is 2.57. The summed E-state index contributed by atoms with van der Waals surface area (Å²) in [5.74, 6) is 0.342. The fourth-order valence-electron chi connectivity index (χ4n) is 2.36. The fourth-order valence-corrected chi connectivity index (χ4v) is 2.64. The fraction of sp³-hybridized carbons (Fsp3) is 0.611. The summed E-state index contributed by atoms with van der Waals surface area (Å²) < 4.78 is 10.9. The molecular weight excluding hydrogens is 328 g/mol. The van der Waals surface area contributed by atoms with E-state index in [0.717, 1.165) is 12.1 Å². The first kappa shape index (κ1) is 20.6. The average molecular weight is 357 g/mol. The molecular formula is C18H29ClN2O3. The number of hydrogen-bond donors (Lipinski definition) is 2. The van der Waals surface area contributed by atoms with Gasteiger partial charge in [0.2, 0.25) is 0 Å². The normalized spacial score (nSPS) is 10.6. The first-order chi connectivity index (χ1) is 11.6. The minimum atomic E-state index is -0.553. The quantitative estimate of drug-likeness (QED) is 0.529. The van der Waals surface area contributed by atoms with Crippen LogP contribution in [0.5, 0.6) is 11.5 Å². The lowest BCUT2D eigenvalue weighted by molar-refractivity contribution is -0.119. The Morgan fingerprint density at radius 2 is 1.92 bits per heavy atom. The number of benzene rings is 1. The highest BCUT2D eigenvalue weighted by Crippen LogP contribution is 2.36. The van der Waals surface area contributed by atoms with E-state index < -0.39 is 5.91 Å². The zero-order valence-corrected chi connectivity index (χ0v) is 15.5. The largest absolute Gasteiger partial charge is 0.490 e. The van der Waals surface area contributed by atoms with Crippen LogP contribution < -0.4 is 20.5 Å². The van der Waals surface area contributed by atoms with E-state index in [9.17, 15) is 4.79 Å². The number of carbonyl (C=O) groups is 1. The molecule has 3 N–H and O–H groups in total. The van der Waals surface area contributed by atoms with Crippen molar-refractivity contribution < 1.29 is 14.3 Å². The number of ether oxygens (including phenoxy) is 2. The summed E-state index contributed by atoms with van der Waals surface area (Å²) in [6, 6.07) is 3.71. The van der Waals surface area contributed by atoms with E-state index in [4.69, 9.17) is 26.8 Å². The Bertz CT molecular complexity index is 509. The molecule has 0 aliphatic rings. The van der Waals surface area contributed by atoms with E-state index in [-0.39, 0.29) is 6.61 Å². The Hall–Kier alpha value is -1.46. The van der Waals surface area contributed by atoms with Gasteiger partial charge in [-0.2, -0.15) is 0 Å². The Morgan fingerprint density at radius 3 is 2.58 bits per heavy atom. The zero-order chi connectivity index (χ0) is 17.8. The molecule has 1 amide bonds. The van der Waals surface area contributed by atoms with E-state index >= 15 is 0 Å². The lowest BCUT2D eigenvalue weighted by atomic mass is 10.1. The first-order valence-corrected chi connectivity index (χ1v) is 9.03. The van der Waals surface area contributed by atoms with Gasteiger partial charge in [0, 0.05) is 6.54 Å². The number of nitrogens with one attached hydrogen (secondary N) is 1. The van der Waals surface area contributed by atoms with Crippen molar-refractivity contribution in [3.05, 3.63) is 22.7 Å². The molecule has 0 radical (unpaired) electrons. The Morgan fingerprint density at radius 1 is 1.17 bits per heavy atom. The predicted octanol–water partition coefficient (Wildman–Crippen LogP) is 3.66. The van der Waals surface area contributed by atoms with Gasteiger partial charge in [0.25, 0.3) is 5.91 Å². The number of unbranched alkanes of at least 4 members (excludes halogenated alkanes) is 4. The third-order valence-corrected chi connectivity index (χ3v) is 3.79. The molecule has 0 unspecified atom stereocenters. The maximum Gasteiger partial charge on any atom is 0.255 e. The van der Waals surface area contributed by atoms with Crippen LogP contribution in [-0.4, -0.2) is 25.7 Å². The number of nitrogens with two attached hydrogens (primary N) is 1. The van der Waals surface area contributed by atoms with Crippen molar-refractivity contribution in [3.63, 3.8) is 0 Å². The van der Waals surface area contributed by atoms with Gasteiger partial charge in [0.15, 0.2) is 18.1 Å². The molecule has 5 nitrogen and oxygen atoms in total. The second kappa shape index (κ2) is 12.0. The second-order valence-electron chi connectivity index (χ2n) is 5.68. The standard InChI is InChI=1S/C18H29ClN2O3/c1-3-5-6-7-8-9-21-12-14-10-15(19)18(24-13-17(20)22)16(11-14)23-4-2/h10-11,21H,3-9,12-13H2,1-2H3,(H2,20,22). The highest BCUT2D eigenvalue weighted by atomic mass is 35.5. The minimum absolute atomic E-state index is 0.227. The van der Waals surface area contributed by atoms with E-state index in [0.29, 0.717) is 29.7 Å². The van der Waals surface area contributed by atoms with Crippen LogP contribution in [0.2, 0.25) is 5.02 Å². The van der Waals surface area contributed by atoms with Crippen molar-refractivity contribution in [2.45, 2.75) is 52.5 Å². The number of amides is 1. The average Bonchev–Trinajstić information content (AvgIpc) is 2.53. The van der Waals surface area contributed by atoms with Gasteiger partial charge in [0.05, 0.1) is 11.6 Å². The first-order valence-electron chi connectivity index (χ1n) is 8.65. The van der Waals surface area contributed by atoms with E-state index in [2.05, 4.69) is 12.2 Å². The number of hydrogen-bond acceptors (Lipinski definition) is 4. The van der Waals surface area contributed by atoms with Gasteiger partial charge < -0.3 is 20.5 Å². The van der Waals surface area contributed by atoms with Gasteiger partial charge in [-0.1, -0.05) is 44.2 Å². The van der Waals surface area contributed by atoms with Gasteiger partial charge in [-0.05, 0) is 37.6 Å². The monoisotopic (exact) mass is 356 g/mol. The van der Waals surface area contributed by atoms with Crippen LogP contribution in [0.3, 0.4) is 0 Å². The van der Waals surface area contributed by atoms with Gasteiger partial charge in [-0.25, -0.2) is 0 Å². The molecule has 136 valence electrons. The number of rotatable bonds is 13. The molecule has 24 heavy (non-hydrogen) atoms. The maximum absolute atomic E-state index is 10.9. The van der Waals surface area contributed by atoms with Crippen LogP contribution in [-0.2, 0) is 11.3 Å². The summed E-state index contributed by atoms with van der Waals surface area (Å²) in [7, 11) is 0. The van der Waals surface area contributed by atoms with Gasteiger partial charge in [-0.3, -0.25) is 4.79 Å². The van der Waals surface area contributed by atoms with Crippen molar-refractivity contribution in [1.82, 2.24) is 5.32 Å². The molecule has 0 aliphatic heterocycles. The van der Waals surface area contributed by atoms with Crippen LogP contribution in [0.15, 0.2) is 12.1 Å². The molecule has 6 heteroatoms. The molecule has 0 aliphatic carbocycles. The highest BCUT2D eigenvalue weighted by molar-refractivity contribution is 6.32. The SMILES string of the molecule is CCCCCCCNCc1cc(Cl)c(OCC(N)=O)c(OCC)c1. The summed E-state index contributed by atoms with van der Waals surface area (Å²) in [5, 5.41) is 3.83. The molecule has 0 atom stereocenters. The summed E-state index contributed by atoms with van der Waals surface area (Å²) in [6.07, 6.45) is 6.29. The minimum Gasteiger partial charge on any atom is -0.490 e. The molecule has 0 saturated heterocycles. The smallest absolute Gasteiger partial charge is 0.255 e. The van der Waals surface area contributed by atoms with Gasteiger partial charge in [0.1, 0.15) is 0 Å². The molecule has 1 aromatic rings. The molecule has 0 heterocycles. The molecule has 1 rings (SSSR count).